The summed E-state index contributed by atoms with van der Waals surface area (Å²) in [7, 11) is 3.96. The van der Waals surface area contributed by atoms with E-state index in [1.807, 2.05) is 30.8 Å². The minimum Gasteiger partial charge on any atom is -0.362 e. The molecule has 1 N–H and O–H groups in total. The van der Waals surface area contributed by atoms with Gasteiger partial charge in [-0.25, -0.2) is 9.97 Å². The summed E-state index contributed by atoms with van der Waals surface area (Å²) in [4.78, 5) is 25.8. The lowest BCUT2D eigenvalue weighted by Gasteiger charge is -2.30. The number of carbonyl (C=O) groups excluding carboxylic acids is 1. The fraction of sp³-hybridized carbons (Fsp3) is 0.353. The van der Waals surface area contributed by atoms with Gasteiger partial charge in [0.05, 0.1) is 12.2 Å². The van der Waals surface area contributed by atoms with Gasteiger partial charge in [-0.05, 0) is 31.5 Å². The highest BCUT2D eigenvalue weighted by Crippen LogP contribution is 2.26. The van der Waals surface area contributed by atoms with Crippen LogP contribution >= 0.6 is 0 Å². The van der Waals surface area contributed by atoms with Crippen LogP contribution in [-0.2, 0) is 13.0 Å². The van der Waals surface area contributed by atoms with Crippen molar-refractivity contribution < 1.29 is 4.79 Å². The zero-order chi connectivity index (χ0) is 17.6. The number of anilines is 1. The first-order valence-electron chi connectivity index (χ1n) is 8.16. The van der Waals surface area contributed by atoms with Gasteiger partial charge in [-0.3, -0.25) is 4.79 Å². The molecule has 2 aromatic heterocycles. The number of carbonyl (C=O) groups is 1. The third-order valence-corrected chi connectivity index (χ3v) is 4.43. The van der Waals surface area contributed by atoms with Gasteiger partial charge in [-0.2, -0.15) is 15.4 Å². The van der Waals surface area contributed by atoms with Crippen LogP contribution in [0.1, 0.15) is 27.4 Å². The molecule has 0 spiro atoms. The molecule has 1 aliphatic heterocycles. The highest BCUT2D eigenvalue weighted by Gasteiger charge is 2.26. The number of hydrogen-bond donors (Lipinski definition) is 1. The van der Waals surface area contributed by atoms with Crippen molar-refractivity contribution in [2.24, 2.45) is 0 Å². The maximum absolute atomic E-state index is 12.9. The first kappa shape index (κ1) is 15.5. The monoisotopic (exact) mass is 337 g/mol. The van der Waals surface area contributed by atoms with Crippen LogP contribution < -0.4 is 4.90 Å². The second-order valence-corrected chi connectivity index (χ2v) is 6.42. The molecule has 4 rings (SSSR count). The van der Waals surface area contributed by atoms with Gasteiger partial charge >= 0.3 is 0 Å². The van der Waals surface area contributed by atoms with Gasteiger partial charge in [-0.15, -0.1) is 0 Å². The van der Waals surface area contributed by atoms with Crippen LogP contribution in [0.3, 0.4) is 0 Å². The Morgan fingerprint density at radius 1 is 1.20 bits per heavy atom. The van der Waals surface area contributed by atoms with Crippen molar-refractivity contribution in [1.82, 2.24) is 30.3 Å². The molecule has 8 nitrogen and oxygen atoms in total. The molecule has 0 radical (unpaired) electrons. The lowest BCUT2D eigenvalue weighted by molar-refractivity contribution is 0.0732. The SMILES string of the molecule is Cc1nc2c(c(N(C)C)n1)CCN(C(=O)c1ccc3n[nH]nc3c1)C2. The van der Waals surface area contributed by atoms with Crippen molar-refractivity contribution in [2.45, 2.75) is 19.9 Å². The highest BCUT2D eigenvalue weighted by atomic mass is 16.2. The third-order valence-electron chi connectivity index (χ3n) is 4.43. The number of benzene rings is 1. The van der Waals surface area contributed by atoms with Crippen LogP contribution in [0, 0.1) is 6.92 Å². The predicted molar refractivity (Wildman–Crippen MR) is 93.4 cm³/mol. The number of aromatic amines is 1. The number of nitrogens with zero attached hydrogens (tertiary/aromatic N) is 6. The zero-order valence-corrected chi connectivity index (χ0v) is 14.4. The van der Waals surface area contributed by atoms with E-state index in [1.165, 1.54) is 0 Å². The maximum Gasteiger partial charge on any atom is 0.254 e. The van der Waals surface area contributed by atoms with Crippen molar-refractivity contribution in [3.63, 3.8) is 0 Å². The van der Waals surface area contributed by atoms with Crippen LogP contribution in [0.5, 0.6) is 0 Å². The summed E-state index contributed by atoms with van der Waals surface area (Å²) in [6, 6.07) is 5.37. The van der Waals surface area contributed by atoms with E-state index in [2.05, 4.69) is 25.4 Å². The van der Waals surface area contributed by atoms with E-state index in [1.54, 1.807) is 18.2 Å². The third kappa shape index (κ3) is 2.69. The molecule has 0 saturated heterocycles. The van der Waals surface area contributed by atoms with Crippen molar-refractivity contribution in [3.8, 4) is 0 Å². The van der Waals surface area contributed by atoms with Crippen molar-refractivity contribution in [1.29, 1.82) is 0 Å². The number of H-pyrrole nitrogens is 1. The minimum absolute atomic E-state index is 0.0155. The molecule has 0 aliphatic carbocycles. The second-order valence-electron chi connectivity index (χ2n) is 6.42. The number of rotatable bonds is 2. The Labute approximate surface area is 144 Å². The number of aryl methyl sites for hydroxylation is 1. The summed E-state index contributed by atoms with van der Waals surface area (Å²) in [5.74, 6) is 1.65. The van der Waals surface area contributed by atoms with E-state index in [0.29, 0.717) is 24.2 Å². The number of hydrogen-bond acceptors (Lipinski definition) is 6. The van der Waals surface area contributed by atoms with E-state index in [4.69, 9.17) is 0 Å². The molecule has 0 bridgehead atoms. The summed E-state index contributed by atoms with van der Waals surface area (Å²) >= 11 is 0. The Balaban J connectivity index is 1.64. The van der Waals surface area contributed by atoms with Crippen LogP contribution in [0.2, 0.25) is 0 Å². The highest BCUT2D eigenvalue weighted by molar-refractivity contribution is 5.97. The molecule has 3 aromatic rings. The van der Waals surface area contributed by atoms with Crippen LogP contribution in [0.25, 0.3) is 11.0 Å². The number of aromatic nitrogens is 5. The average Bonchev–Trinajstić information content (AvgIpc) is 3.07. The van der Waals surface area contributed by atoms with Crippen molar-refractivity contribution in [3.05, 3.63) is 40.8 Å². The minimum atomic E-state index is -0.0155. The lowest BCUT2D eigenvalue weighted by atomic mass is 10.0. The topological polar surface area (TPSA) is 90.9 Å². The molecule has 3 heterocycles. The molecule has 1 amide bonds. The molecule has 128 valence electrons. The van der Waals surface area contributed by atoms with Crippen LogP contribution in [-0.4, -0.2) is 56.8 Å². The summed E-state index contributed by atoms with van der Waals surface area (Å²) in [6.45, 7) is 3.03. The van der Waals surface area contributed by atoms with Gasteiger partial charge in [0.25, 0.3) is 5.91 Å². The van der Waals surface area contributed by atoms with Gasteiger partial charge in [0.15, 0.2) is 0 Å². The quantitative estimate of drug-likeness (QED) is 0.758. The summed E-state index contributed by atoms with van der Waals surface area (Å²) < 4.78 is 0. The average molecular weight is 337 g/mol. The largest absolute Gasteiger partial charge is 0.362 e. The Morgan fingerprint density at radius 2 is 2.00 bits per heavy atom. The van der Waals surface area contributed by atoms with Crippen molar-refractivity contribution >= 4 is 22.8 Å². The number of nitrogens with one attached hydrogen (secondary N) is 1. The van der Waals surface area contributed by atoms with E-state index < -0.39 is 0 Å². The summed E-state index contributed by atoms with van der Waals surface area (Å²) in [5.41, 5.74) is 4.12. The van der Waals surface area contributed by atoms with Gasteiger partial charge in [-0.1, -0.05) is 0 Å². The Morgan fingerprint density at radius 3 is 2.80 bits per heavy atom. The van der Waals surface area contributed by atoms with E-state index >= 15 is 0 Å². The van der Waals surface area contributed by atoms with E-state index in [-0.39, 0.29) is 5.91 Å². The smallest absolute Gasteiger partial charge is 0.254 e. The van der Waals surface area contributed by atoms with E-state index in [0.717, 1.165) is 34.8 Å². The fourth-order valence-corrected chi connectivity index (χ4v) is 3.23. The Kier molecular flexibility index (Phi) is 3.60. The zero-order valence-electron chi connectivity index (χ0n) is 14.4. The maximum atomic E-state index is 12.9. The molecule has 0 saturated carbocycles. The Hall–Kier alpha value is -3.03. The molecule has 8 heteroatoms. The lowest BCUT2D eigenvalue weighted by Crippen LogP contribution is -2.37. The Bertz CT molecular complexity index is 963. The molecule has 0 atom stereocenters. The van der Waals surface area contributed by atoms with Gasteiger partial charge in [0.1, 0.15) is 22.7 Å². The van der Waals surface area contributed by atoms with Crippen LogP contribution in [0.15, 0.2) is 18.2 Å². The van der Waals surface area contributed by atoms with Crippen LogP contribution in [0.4, 0.5) is 5.82 Å². The first-order chi connectivity index (χ1) is 12.0. The molecule has 0 fully saturated rings. The first-order valence-corrected chi connectivity index (χ1v) is 8.16. The van der Waals surface area contributed by atoms with Crippen molar-refractivity contribution in [2.75, 3.05) is 25.5 Å². The van der Waals surface area contributed by atoms with E-state index in [9.17, 15) is 4.79 Å². The fourth-order valence-electron chi connectivity index (χ4n) is 3.23. The molecular formula is C17H19N7O. The van der Waals surface area contributed by atoms with Gasteiger partial charge < -0.3 is 9.80 Å². The molecule has 0 unspecified atom stereocenters. The number of fused-ring (bicyclic) bond motifs is 2. The second kappa shape index (κ2) is 5.80. The molecule has 1 aromatic carbocycles. The molecule has 1 aliphatic rings. The van der Waals surface area contributed by atoms with Gasteiger partial charge in [0, 0.05) is 31.8 Å². The molecular weight excluding hydrogens is 318 g/mol. The summed E-state index contributed by atoms with van der Waals surface area (Å²) in [5, 5.41) is 10.6. The number of amides is 1. The normalized spacial score (nSPS) is 13.8. The summed E-state index contributed by atoms with van der Waals surface area (Å²) in [6.07, 6.45) is 0.751. The molecule has 25 heavy (non-hydrogen) atoms. The van der Waals surface area contributed by atoms with Gasteiger partial charge in [0.2, 0.25) is 0 Å². The predicted octanol–water partition coefficient (Wildman–Crippen LogP) is 1.32. The standard InChI is InChI=1S/C17H19N7O/c1-10-18-15-9-24(7-6-12(15)16(19-10)23(2)3)17(25)11-4-5-13-14(8-11)21-22-20-13/h4-5,8H,6-7,9H2,1-3H3,(H,20,21,22).